The number of ether oxygens (including phenoxy) is 2. The predicted molar refractivity (Wildman–Crippen MR) is 72.1 cm³/mol. The Kier molecular flexibility index (Phi) is 3.21. The first-order valence-corrected chi connectivity index (χ1v) is 7.04. The van der Waals surface area contributed by atoms with Crippen LogP contribution in [0, 0.1) is 11.6 Å². The Morgan fingerprint density at radius 3 is 2.77 bits per heavy atom. The highest BCUT2D eigenvalue weighted by atomic mass is 19.2. The van der Waals surface area contributed by atoms with E-state index >= 15 is 0 Å². The first kappa shape index (κ1) is 13.8. The number of aliphatic hydroxyl groups excluding tert-OH is 1. The zero-order valence-corrected chi connectivity index (χ0v) is 11.5. The van der Waals surface area contributed by atoms with Gasteiger partial charge >= 0.3 is 0 Å². The molecule has 7 heteroatoms. The quantitative estimate of drug-likeness (QED) is 0.914. The van der Waals surface area contributed by atoms with Gasteiger partial charge in [-0.05, 0) is 18.2 Å². The molecule has 5 nitrogen and oxygen atoms in total. The molecule has 4 atom stereocenters. The molecular weight excluding hydrogens is 294 g/mol. The van der Waals surface area contributed by atoms with Gasteiger partial charge in [-0.15, -0.1) is 0 Å². The Labute approximate surface area is 125 Å². The highest BCUT2D eigenvalue weighted by Gasteiger charge is 2.48. The molecule has 0 spiro atoms. The summed E-state index contributed by atoms with van der Waals surface area (Å²) < 4.78 is 39.6. The summed E-state index contributed by atoms with van der Waals surface area (Å²) in [5, 5.41) is 9.80. The third-order valence-electron chi connectivity index (χ3n) is 4.20. The number of hydrogen-bond acceptors (Lipinski definition) is 4. The fourth-order valence-corrected chi connectivity index (χ4v) is 3.14. The predicted octanol–water partition coefficient (Wildman–Crippen LogP) is 1.53. The number of nitrogens with zero attached hydrogens (tertiary/aromatic N) is 2. The van der Waals surface area contributed by atoms with Crippen LogP contribution in [0.15, 0.2) is 30.6 Å². The second-order valence-electron chi connectivity index (χ2n) is 5.52. The van der Waals surface area contributed by atoms with E-state index in [-0.39, 0.29) is 24.9 Å². The standard InChI is InChI=1S/C15H14F2N2O3/c16-9-2-1-8(5-10(9)17)15-18-3-4-19(15)11-6-21-14-12(20)7-22-13(11)14/h1-5,11-14,20H,6-7H2/t11-,12-,13-,14-/m1/s1. The van der Waals surface area contributed by atoms with Gasteiger partial charge in [-0.3, -0.25) is 0 Å². The van der Waals surface area contributed by atoms with Crippen molar-refractivity contribution in [1.82, 2.24) is 9.55 Å². The van der Waals surface area contributed by atoms with Crippen LogP contribution in [0.5, 0.6) is 0 Å². The molecule has 1 aromatic carbocycles. The molecule has 0 aliphatic carbocycles. The van der Waals surface area contributed by atoms with Crippen LogP contribution in [-0.4, -0.2) is 46.2 Å². The van der Waals surface area contributed by atoms with E-state index in [2.05, 4.69) is 4.98 Å². The summed E-state index contributed by atoms with van der Waals surface area (Å²) in [6.07, 6.45) is 2.08. The van der Waals surface area contributed by atoms with Crippen LogP contribution in [-0.2, 0) is 9.47 Å². The van der Waals surface area contributed by atoms with Crippen LogP contribution < -0.4 is 0 Å². The van der Waals surface area contributed by atoms with Crippen molar-refractivity contribution in [3.05, 3.63) is 42.2 Å². The fraction of sp³-hybridized carbons (Fsp3) is 0.400. The van der Waals surface area contributed by atoms with E-state index < -0.39 is 17.7 Å². The highest BCUT2D eigenvalue weighted by Crippen LogP contribution is 2.36. The molecule has 1 N–H and O–H groups in total. The number of imidazole rings is 1. The Morgan fingerprint density at radius 1 is 1.14 bits per heavy atom. The molecule has 0 bridgehead atoms. The molecule has 0 unspecified atom stereocenters. The lowest BCUT2D eigenvalue weighted by atomic mass is 10.1. The smallest absolute Gasteiger partial charge is 0.159 e. The van der Waals surface area contributed by atoms with Crippen molar-refractivity contribution >= 4 is 0 Å². The van der Waals surface area contributed by atoms with E-state index in [0.717, 1.165) is 12.1 Å². The molecular formula is C15H14F2N2O3. The van der Waals surface area contributed by atoms with Gasteiger partial charge in [0.1, 0.15) is 24.1 Å². The second kappa shape index (κ2) is 5.12. The normalized spacial score (nSPS) is 30.7. The van der Waals surface area contributed by atoms with Gasteiger partial charge in [0.15, 0.2) is 11.6 Å². The summed E-state index contributed by atoms with van der Waals surface area (Å²) in [5.41, 5.74) is 0.478. The molecule has 2 aliphatic heterocycles. The number of rotatable bonds is 2. The molecule has 2 aromatic rings. The zero-order chi connectivity index (χ0) is 15.3. The van der Waals surface area contributed by atoms with Gasteiger partial charge in [0.25, 0.3) is 0 Å². The minimum atomic E-state index is -0.917. The maximum atomic E-state index is 13.5. The van der Waals surface area contributed by atoms with Crippen molar-refractivity contribution in [2.75, 3.05) is 13.2 Å². The van der Waals surface area contributed by atoms with Crippen LogP contribution in [0.1, 0.15) is 6.04 Å². The van der Waals surface area contributed by atoms with E-state index in [0.29, 0.717) is 18.0 Å². The molecule has 1 aromatic heterocycles. The van der Waals surface area contributed by atoms with Crippen LogP contribution >= 0.6 is 0 Å². The number of halogens is 2. The summed E-state index contributed by atoms with van der Waals surface area (Å²) in [6.45, 7) is 0.612. The lowest BCUT2D eigenvalue weighted by Crippen LogP contribution is -2.30. The summed E-state index contributed by atoms with van der Waals surface area (Å²) in [7, 11) is 0. The second-order valence-corrected chi connectivity index (χ2v) is 5.52. The van der Waals surface area contributed by atoms with Crippen molar-refractivity contribution in [2.45, 2.75) is 24.4 Å². The molecule has 3 heterocycles. The van der Waals surface area contributed by atoms with Crippen molar-refractivity contribution in [3.63, 3.8) is 0 Å². The minimum absolute atomic E-state index is 0.159. The van der Waals surface area contributed by atoms with Crippen molar-refractivity contribution in [3.8, 4) is 11.4 Å². The lowest BCUT2D eigenvalue weighted by molar-refractivity contribution is 0.0172. The zero-order valence-electron chi connectivity index (χ0n) is 11.5. The highest BCUT2D eigenvalue weighted by molar-refractivity contribution is 5.56. The minimum Gasteiger partial charge on any atom is -0.388 e. The molecule has 116 valence electrons. The van der Waals surface area contributed by atoms with Gasteiger partial charge < -0.3 is 19.1 Å². The fourth-order valence-electron chi connectivity index (χ4n) is 3.14. The molecule has 2 saturated heterocycles. The molecule has 2 fully saturated rings. The van der Waals surface area contributed by atoms with E-state index in [1.807, 2.05) is 4.57 Å². The van der Waals surface area contributed by atoms with Crippen LogP contribution in [0.2, 0.25) is 0 Å². The van der Waals surface area contributed by atoms with Gasteiger partial charge in [0.2, 0.25) is 0 Å². The summed E-state index contributed by atoms with van der Waals surface area (Å²) in [6, 6.07) is 3.52. The van der Waals surface area contributed by atoms with E-state index in [1.54, 1.807) is 12.4 Å². The van der Waals surface area contributed by atoms with Gasteiger partial charge in [-0.25, -0.2) is 13.8 Å². The van der Waals surface area contributed by atoms with Crippen molar-refractivity contribution in [1.29, 1.82) is 0 Å². The number of benzene rings is 1. The van der Waals surface area contributed by atoms with E-state index in [9.17, 15) is 13.9 Å². The maximum Gasteiger partial charge on any atom is 0.159 e. The van der Waals surface area contributed by atoms with Crippen LogP contribution in [0.3, 0.4) is 0 Å². The van der Waals surface area contributed by atoms with Gasteiger partial charge in [0.05, 0.1) is 19.3 Å². The van der Waals surface area contributed by atoms with Crippen LogP contribution in [0.25, 0.3) is 11.4 Å². The first-order valence-electron chi connectivity index (χ1n) is 7.04. The molecule has 22 heavy (non-hydrogen) atoms. The third kappa shape index (κ3) is 2.05. The molecule has 0 radical (unpaired) electrons. The number of aromatic nitrogens is 2. The summed E-state index contributed by atoms with van der Waals surface area (Å²) in [4.78, 5) is 4.24. The average Bonchev–Trinajstić information content (AvgIpc) is 3.19. The largest absolute Gasteiger partial charge is 0.388 e. The molecule has 0 amide bonds. The molecule has 0 saturated carbocycles. The maximum absolute atomic E-state index is 13.5. The van der Waals surface area contributed by atoms with E-state index in [1.165, 1.54) is 6.07 Å². The Hall–Kier alpha value is -1.83. The Bertz CT molecular complexity index is 706. The number of aliphatic hydroxyl groups is 1. The lowest BCUT2D eigenvalue weighted by Gasteiger charge is -2.19. The average molecular weight is 308 g/mol. The topological polar surface area (TPSA) is 56.5 Å². The monoisotopic (exact) mass is 308 g/mol. The SMILES string of the molecule is O[C@@H]1CO[C@H]2[C@@H]1OC[C@H]2n1ccnc1-c1ccc(F)c(F)c1. The molecule has 2 aliphatic rings. The van der Waals surface area contributed by atoms with E-state index in [4.69, 9.17) is 9.47 Å². The molecule has 4 rings (SSSR count). The Morgan fingerprint density at radius 2 is 1.95 bits per heavy atom. The van der Waals surface area contributed by atoms with Gasteiger partial charge in [-0.2, -0.15) is 0 Å². The summed E-state index contributed by atoms with van der Waals surface area (Å²) in [5.74, 6) is -1.30. The van der Waals surface area contributed by atoms with Crippen LogP contribution in [0.4, 0.5) is 8.78 Å². The van der Waals surface area contributed by atoms with Crippen molar-refractivity contribution < 1.29 is 23.4 Å². The first-order chi connectivity index (χ1) is 10.6. The Balaban J connectivity index is 1.70. The van der Waals surface area contributed by atoms with Gasteiger partial charge in [0, 0.05) is 18.0 Å². The number of hydrogen-bond donors (Lipinski definition) is 1. The van der Waals surface area contributed by atoms with Gasteiger partial charge in [-0.1, -0.05) is 0 Å². The third-order valence-corrected chi connectivity index (χ3v) is 4.20. The number of fused-ring (bicyclic) bond motifs is 1. The van der Waals surface area contributed by atoms with Crippen molar-refractivity contribution in [2.24, 2.45) is 0 Å². The summed E-state index contributed by atoms with van der Waals surface area (Å²) >= 11 is 0.